The molecule has 2 unspecified atom stereocenters. The number of thiazole rings is 1. The van der Waals surface area contributed by atoms with Crippen LogP contribution in [-0.4, -0.2) is 73.0 Å². The first-order chi connectivity index (χ1) is 12.1. The molecule has 2 aliphatic rings. The van der Waals surface area contributed by atoms with Gasteiger partial charge in [0.2, 0.25) is 5.91 Å². The molecule has 2 saturated heterocycles. The van der Waals surface area contributed by atoms with Gasteiger partial charge in [-0.15, -0.1) is 11.3 Å². The van der Waals surface area contributed by atoms with Crippen molar-refractivity contribution in [3.63, 3.8) is 0 Å². The molecule has 3 rings (SSSR count). The normalized spacial score (nSPS) is 23.5. The van der Waals surface area contributed by atoms with E-state index in [0.717, 1.165) is 30.9 Å². The second-order valence-corrected chi connectivity index (χ2v) is 7.49. The number of carbonyl (C=O) groups is 2. The van der Waals surface area contributed by atoms with E-state index in [1.165, 1.54) is 11.3 Å². The Morgan fingerprint density at radius 1 is 1.48 bits per heavy atom. The predicted octanol–water partition coefficient (Wildman–Crippen LogP) is 1.67. The number of hydrogen-bond acceptors (Lipinski definition) is 6. The van der Waals surface area contributed by atoms with Crippen molar-refractivity contribution in [2.45, 2.75) is 31.7 Å². The third-order valence-electron chi connectivity index (χ3n) is 5.12. The molecule has 2 fully saturated rings. The maximum absolute atomic E-state index is 12.7. The number of aromatic nitrogens is 1. The van der Waals surface area contributed by atoms with Crippen molar-refractivity contribution in [1.82, 2.24) is 14.8 Å². The predicted molar refractivity (Wildman–Crippen MR) is 96.9 cm³/mol. The SMILES string of the molecule is CNc1nc(C(=O)N2CCC3C(CCC(=O)N3CCCOC)C2)cs1. The topological polar surface area (TPSA) is 74.8 Å². The zero-order valence-corrected chi connectivity index (χ0v) is 15.7. The minimum absolute atomic E-state index is 0.000895. The van der Waals surface area contributed by atoms with E-state index in [4.69, 9.17) is 4.74 Å². The van der Waals surface area contributed by atoms with E-state index < -0.39 is 0 Å². The van der Waals surface area contributed by atoms with Gasteiger partial charge in [0.25, 0.3) is 5.91 Å². The average molecular weight is 366 g/mol. The van der Waals surface area contributed by atoms with E-state index >= 15 is 0 Å². The van der Waals surface area contributed by atoms with E-state index in [9.17, 15) is 9.59 Å². The smallest absolute Gasteiger partial charge is 0.273 e. The number of nitrogens with one attached hydrogen (secondary N) is 1. The van der Waals surface area contributed by atoms with E-state index in [-0.39, 0.29) is 17.9 Å². The van der Waals surface area contributed by atoms with Gasteiger partial charge in [0, 0.05) is 58.2 Å². The van der Waals surface area contributed by atoms with E-state index in [1.807, 2.05) is 15.2 Å². The van der Waals surface area contributed by atoms with Gasteiger partial charge < -0.3 is 19.9 Å². The van der Waals surface area contributed by atoms with Gasteiger partial charge in [0.1, 0.15) is 5.69 Å². The van der Waals surface area contributed by atoms with Gasteiger partial charge in [-0.1, -0.05) is 0 Å². The summed E-state index contributed by atoms with van der Waals surface area (Å²) >= 11 is 1.44. The van der Waals surface area contributed by atoms with Crippen LogP contribution in [0.1, 0.15) is 36.2 Å². The molecular formula is C17H26N4O3S. The second kappa shape index (κ2) is 8.14. The lowest BCUT2D eigenvalue weighted by atomic mass is 9.83. The van der Waals surface area contributed by atoms with Crippen molar-refractivity contribution in [2.24, 2.45) is 5.92 Å². The number of piperidine rings is 2. The van der Waals surface area contributed by atoms with Crippen LogP contribution in [0.15, 0.2) is 5.38 Å². The highest BCUT2D eigenvalue weighted by Gasteiger charge is 2.40. The number of fused-ring (bicyclic) bond motifs is 1. The van der Waals surface area contributed by atoms with Crippen LogP contribution in [0.3, 0.4) is 0 Å². The first-order valence-electron chi connectivity index (χ1n) is 8.85. The van der Waals surface area contributed by atoms with Gasteiger partial charge in [0.05, 0.1) is 0 Å². The lowest BCUT2D eigenvalue weighted by molar-refractivity contribution is -0.140. The van der Waals surface area contributed by atoms with Gasteiger partial charge in [-0.25, -0.2) is 4.98 Å². The molecule has 1 aromatic heterocycles. The Morgan fingerprint density at radius 3 is 3.04 bits per heavy atom. The molecule has 2 amide bonds. The number of rotatable bonds is 6. The quantitative estimate of drug-likeness (QED) is 0.775. The first kappa shape index (κ1) is 18.1. The molecule has 7 nitrogen and oxygen atoms in total. The number of carbonyl (C=O) groups excluding carboxylic acids is 2. The standard InChI is InChI=1S/C17H26N4O3S/c1-18-17-19-13(11-25-17)16(23)20-8-6-14-12(10-20)4-5-15(22)21(14)7-3-9-24-2/h11-12,14H,3-10H2,1-2H3,(H,18,19). The number of hydrogen-bond donors (Lipinski definition) is 1. The molecule has 1 aromatic rings. The van der Waals surface area contributed by atoms with E-state index in [2.05, 4.69) is 10.3 Å². The lowest BCUT2D eigenvalue weighted by Gasteiger charge is -2.47. The summed E-state index contributed by atoms with van der Waals surface area (Å²) in [5.74, 6) is 0.606. The maximum atomic E-state index is 12.7. The van der Waals surface area contributed by atoms with Crippen LogP contribution >= 0.6 is 11.3 Å². The summed E-state index contributed by atoms with van der Waals surface area (Å²) in [4.78, 5) is 33.3. The molecule has 8 heteroatoms. The van der Waals surface area contributed by atoms with Crippen LogP contribution in [-0.2, 0) is 9.53 Å². The Labute approximate surface area is 152 Å². The molecule has 138 valence electrons. The zero-order chi connectivity index (χ0) is 17.8. The summed E-state index contributed by atoms with van der Waals surface area (Å²) in [6.07, 6.45) is 3.15. The van der Waals surface area contributed by atoms with Crippen molar-refractivity contribution in [3.8, 4) is 0 Å². The molecule has 3 heterocycles. The molecule has 0 spiro atoms. The minimum atomic E-state index is -0.000895. The van der Waals surface area contributed by atoms with Gasteiger partial charge in [-0.05, 0) is 25.2 Å². The molecule has 0 saturated carbocycles. The van der Waals surface area contributed by atoms with Crippen molar-refractivity contribution < 1.29 is 14.3 Å². The maximum Gasteiger partial charge on any atom is 0.273 e. The summed E-state index contributed by atoms with van der Waals surface area (Å²) in [7, 11) is 3.48. The van der Waals surface area contributed by atoms with Crippen LogP contribution in [0.2, 0.25) is 0 Å². The number of methoxy groups -OCH3 is 1. The third-order valence-corrected chi connectivity index (χ3v) is 5.98. The zero-order valence-electron chi connectivity index (χ0n) is 14.9. The summed E-state index contributed by atoms with van der Waals surface area (Å²) in [5.41, 5.74) is 0.511. The Morgan fingerprint density at radius 2 is 2.32 bits per heavy atom. The molecule has 0 aromatic carbocycles. The first-order valence-corrected chi connectivity index (χ1v) is 9.73. The number of anilines is 1. The number of amides is 2. The van der Waals surface area contributed by atoms with Crippen LogP contribution < -0.4 is 5.32 Å². The molecule has 0 bridgehead atoms. The Balaban J connectivity index is 1.63. The summed E-state index contributed by atoms with van der Waals surface area (Å²) in [6, 6.07) is 0.255. The minimum Gasteiger partial charge on any atom is -0.385 e. The summed E-state index contributed by atoms with van der Waals surface area (Å²) < 4.78 is 5.11. The Kier molecular flexibility index (Phi) is 5.90. The molecule has 25 heavy (non-hydrogen) atoms. The largest absolute Gasteiger partial charge is 0.385 e. The Hall–Kier alpha value is -1.67. The monoisotopic (exact) mass is 366 g/mol. The fourth-order valence-corrected chi connectivity index (χ4v) is 4.50. The number of ether oxygens (including phenoxy) is 1. The summed E-state index contributed by atoms with van der Waals surface area (Å²) in [6.45, 7) is 2.81. The van der Waals surface area contributed by atoms with Gasteiger partial charge in [-0.2, -0.15) is 0 Å². The van der Waals surface area contributed by atoms with Gasteiger partial charge in [0.15, 0.2) is 5.13 Å². The summed E-state index contributed by atoms with van der Waals surface area (Å²) in [5, 5.41) is 5.53. The Bertz CT molecular complexity index is 621. The van der Waals surface area contributed by atoms with Gasteiger partial charge in [-0.3, -0.25) is 9.59 Å². The van der Waals surface area contributed by atoms with Crippen molar-refractivity contribution in [3.05, 3.63) is 11.1 Å². The molecule has 2 aliphatic heterocycles. The van der Waals surface area contributed by atoms with Crippen molar-refractivity contribution in [2.75, 3.05) is 45.7 Å². The number of likely N-dealkylation sites (tertiary alicyclic amines) is 2. The highest BCUT2D eigenvalue weighted by molar-refractivity contribution is 7.13. The van der Waals surface area contributed by atoms with E-state index in [0.29, 0.717) is 37.7 Å². The highest BCUT2D eigenvalue weighted by atomic mass is 32.1. The van der Waals surface area contributed by atoms with Crippen LogP contribution in [0.25, 0.3) is 0 Å². The molecule has 0 aliphatic carbocycles. The fourth-order valence-electron chi connectivity index (χ4n) is 3.85. The highest BCUT2D eigenvalue weighted by Crippen LogP contribution is 2.32. The fraction of sp³-hybridized carbons (Fsp3) is 0.706. The van der Waals surface area contributed by atoms with Crippen molar-refractivity contribution in [1.29, 1.82) is 0 Å². The van der Waals surface area contributed by atoms with E-state index in [1.54, 1.807) is 14.2 Å². The average Bonchev–Trinajstić information content (AvgIpc) is 3.12. The van der Waals surface area contributed by atoms with Crippen LogP contribution in [0.5, 0.6) is 0 Å². The number of nitrogens with zero attached hydrogens (tertiary/aromatic N) is 3. The van der Waals surface area contributed by atoms with Gasteiger partial charge >= 0.3 is 0 Å². The van der Waals surface area contributed by atoms with Crippen molar-refractivity contribution >= 4 is 28.3 Å². The lowest BCUT2D eigenvalue weighted by Crippen LogP contribution is -2.57. The van der Waals surface area contributed by atoms with Crippen LogP contribution in [0.4, 0.5) is 5.13 Å². The third kappa shape index (κ3) is 3.95. The van der Waals surface area contributed by atoms with Crippen LogP contribution in [0, 0.1) is 5.92 Å². The molecule has 2 atom stereocenters. The molecule has 1 N–H and O–H groups in total. The molecular weight excluding hydrogens is 340 g/mol. The second-order valence-electron chi connectivity index (χ2n) is 6.63. The molecule has 0 radical (unpaired) electrons.